The Balaban J connectivity index is -0.0000000267. The Bertz CT molecular complexity index is 91.7. The lowest BCUT2D eigenvalue weighted by atomic mass is 15.8. The molecule has 0 bridgehead atoms. The van der Waals surface area contributed by atoms with E-state index in [0.717, 1.165) is 0 Å². The van der Waals surface area contributed by atoms with Crippen molar-refractivity contribution in [1.29, 1.82) is 0 Å². The summed E-state index contributed by atoms with van der Waals surface area (Å²) in [6, 6.07) is 0. The monoisotopic (exact) mass is 155 g/mol. The van der Waals surface area contributed by atoms with Crippen molar-refractivity contribution in [2.24, 2.45) is 0 Å². The molecule has 0 atom stereocenters. The lowest BCUT2D eigenvalue weighted by Gasteiger charge is -2.06. The fourth-order valence-corrected chi connectivity index (χ4v) is 0. The predicted octanol–water partition coefficient (Wildman–Crippen LogP) is -2.72. The van der Waals surface area contributed by atoms with Crippen LogP contribution in [0.2, 0.25) is 0 Å². The van der Waals surface area contributed by atoms with E-state index in [1.54, 1.807) is 0 Å². The Morgan fingerprint density at radius 1 is 1.12 bits per heavy atom. The molecule has 0 heterocycles. The van der Waals surface area contributed by atoms with E-state index in [1.165, 1.54) is 0 Å². The quantitative estimate of drug-likeness (QED) is 0.212. The molecule has 0 aromatic heterocycles. The fraction of sp³-hybridized carbons (Fsp3) is 0. The van der Waals surface area contributed by atoms with Gasteiger partial charge in [0.1, 0.15) is 0 Å². The Hall–Kier alpha value is 0.556. The maximum Gasteiger partial charge on any atom is 0.0311 e. The van der Waals surface area contributed by atoms with Crippen LogP contribution in [0.1, 0.15) is 0 Å². The van der Waals surface area contributed by atoms with Crippen molar-refractivity contribution in [3.63, 3.8) is 0 Å². The van der Waals surface area contributed by atoms with E-state index < -0.39 is 10.4 Å². The maximum absolute atomic E-state index is 8.52. The Morgan fingerprint density at radius 2 is 1.12 bits per heavy atom. The summed E-state index contributed by atoms with van der Waals surface area (Å²) in [5.41, 5.74) is 0. The van der Waals surface area contributed by atoms with E-state index in [0.29, 0.717) is 0 Å². The molecule has 0 saturated carbocycles. The third-order valence-corrected chi connectivity index (χ3v) is 0. The molecule has 50 valence electrons. The highest BCUT2D eigenvalue weighted by Crippen LogP contribution is 1.57. The molecule has 2 radical (unpaired) electrons. The second-order valence-electron chi connectivity index (χ2n) is 0.408. The first kappa shape index (κ1) is 23.5. The van der Waals surface area contributed by atoms with Crippen LogP contribution in [0.15, 0.2) is 0 Å². The smallest absolute Gasteiger partial charge is 0.0311 e. The minimum atomic E-state index is -5.17. The predicted molar refractivity (Wildman–Crippen MR) is 21.8 cm³/mol. The lowest BCUT2D eigenvalue weighted by molar-refractivity contribution is 0.352. The summed E-state index contributed by atoms with van der Waals surface area (Å²) in [6.45, 7) is 0. The number of rotatable bonds is 0. The van der Waals surface area contributed by atoms with E-state index in [2.05, 4.69) is 0 Å². The van der Waals surface area contributed by atoms with Crippen LogP contribution >= 0.6 is 0 Å². The molecular formula is H3MgO6S-3. The van der Waals surface area contributed by atoms with Crippen LogP contribution < -0.4 is 0 Å². The molecule has 0 amide bonds. The van der Waals surface area contributed by atoms with Crippen molar-refractivity contribution in [1.82, 2.24) is 0 Å². The Kier molecular flexibility index (Phi) is 22.2. The van der Waals surface area contributed by atoms with Crippen molar-refractivity contribution >= 4 is 33.5 Å². The minimum Gasteiger partial charge on any atom is -0.870 e. The van der Waals surface area contributed by atoms with Gasteiger partial charge in [-0.2, -0.15) is 0 Å². The van der Waals surface area contributed by atoms with Gasteiger partial charge in [-0.25, -0.2) is 0 Å². The first-order valence-corrected chi connectivity index (χ1v) is 2.00. The van der Waals surface area contributed by atoms with Crippen molar-refractivity contribution in [3.05, 3.63) is 0 Å². The molecule has 0 saturated heterocycles. The van der Waals surface area contributed by atoms with Crippen LogP contribution in [0.25, 0.3) is 0 Å². The third kappa shape index (κ3) is 654. The first-order chi connectivity index (χ1) is 2.00. The van der Waals surface area contributed by atoms with E-state index >= 15 is 0 Å². The van der Waals surface area contributed by atoms with E-state index in [9.17, 15) is 0 Å². The summed E-state index contributed by atoms with van der Waals surface area (Å²) in [5.74, 6) is 0. The van der Waals surface area contributed by atoms with Gasteiger partial charge in [-0.3, -0.25) is 8.42 Å². The van der Waals surface area contributed by atoms with Gasteiger partial charge in [-0.15, -0.1) is 0 Å². The molecule has 8 heavy (non-hydrogen) atoms. The van der Waals surface area contributed by atoms with Gasteiger partial charge in [0.15, 0.2) is 0 Å². The molecule has 8 heteroatoms. The summed E-state index contributed by atoms with van der Waals surface area (Å²) in [7, 11) is -5.17. The number of hydrogen-bond acceptors (Lipinski definition) is 5. The normalized spacial score (nSPS) is 7.25. The second kappa shape index (κ2) is 7.56. The average molecular weight is 155 g/mol. The number of hydrogen-bond donors (Lipinski definition) is 0. The van der Waals surface area contributed by atoms with Gasteiger partial charge < -0.3 is 20.1 Å². The molecule has 0 unspecified atom stereocenters. The summed E-state index contributed by atoms with van der Waals surface area (Å²) in [6.07, 6.45) is 0. The van der Waals surface area contributed by atoms with Gasteiger partial charge in [0.2, 0.25) is 0 Å². The van der Waals surface area contributed by atoms with Crippen molar-refractivity contribution < 1.29 is 28.5 Å². The van der Waals surface area contributed by atoms with Gasteiger partial charge >= 0.3 is 0 Å². The third-order valence-electron chi connectivity index (χ3n) is 0. The van der Waals surface area contributed by atoms with Gasteiger partial charge in [0.25, 0.3) is 0 Å². The van der Waals surface area contributed by atoms with Crippen LogP contribution in [0, 0.1) is 0 Å². The molecule has 0 rings (SSSR count). The van der Waals surface area contributed by atoms with E-state index in [1.807, 2.05) is 0 Å². The molecule has 0 fully saturated rings. The average Bonchev–Trinajstić information content (AvgIpc) is 0.722. The molecule has 0 aliphatic rings. The molecule has 0 aliphatic heterocycles. The van der Waals surface area contributed by atoms with Crippen LogP contribution in [0.5, 0.6) is 0 Å². The molecule has 6 nitrogen and oxygen atoms in total. The zero-order valence-corrected chi connectivity index (χ0v) is 5.93. The van der Waals surface area contributed by atoms with Crippen molar-refractivity contribution in [2.45, 2.75) is 0 Å². The highest BCUT2D eigenvalue weighted by Gasteiger charge is 1.49. The Morgan fingerprint density at radius 3 is 1.12 bits per heavy atom. The molecule has 0 aromatic rings. The van der Waals surface area contributed by atoms with Gasteiger partial charge in [0, 0.05) is 33.5 Å². The fourth-order valence-electron chi connectivity index (χ4n) is 0. The molecule has 0 spiro atoms. The standard InChI is InChI=1S/Mg.H2O4S.2H2O/c;1-5(2,3)4;;/h;(H2,1,2,3,4);2*1H2/p-3. The first-order valence-electron chi connectivity index (χ1n) is 0.667. The van der Waals surface area contributed by atoms with Crippen molar-refractivity contribution in [2.75, 3.05) is 0 Å². The van der Waals surface area contributed by atoms with Crippen LogP contribution in [0.3, 0.4) is 0 Å². The van der Waals surface area contributed by atoms with Gasteiger partial charge in [-0.05, 0) is 0 Å². The highest BCUT2D eigenvalue weighted by molar-refractivity contribution is 7.79. The topological polar surface area (TPSA) is 142 Å². The zero-order chi connectivity index (χ0) is 4.50. The lowest BCUT2D eigenvalue weighted by Crippen LogP contribution is -1.91. The second-order valence-corrected chi connectivity index (χ2v) is 1.22. The van der Waals surface area contributed by atoms with E-state index in [4.69, 9.17) is 17.5 Å². The summed E-state index contributed by atoms with van der Waals surface area (Å²) >= 11 is 0. The SMILES string of the molecule is O.O=S(=O)([O-])[O-].[Mg].[OH-]. The van der Waals surface area contributed by atoms with Gasteiger partial charge in [-0.1, -0.05) is 0 Å². The molecule has 3 N–H and O–H groups in total. The van der Waals surface area contributed by atoms with Crippen molar-refractivity contribution in [3.8, 4) is 0 Å². The highest BCUT2D eigenvalue weighted by atomic mass is 32.3. The molecule has 0 aliphatic carbocycles. The molecular weight excluding hydrogens is 152 g/mol. The summed E-state index contributed by atoms with van der Waals surface area (Å²) in [4.78, 5) is 0. The summed E-state index contributed by atoms with van der Waals surface area (Å²) < 4.78 is 34.1. The maximum atomic E-state index is 8.52. The van der Waals surface area contributed by atoms with Crippen LogP contribution in [0.4, 0.5) is 0 Å². The van der Waals surface area contributed by atoms with E-state index in [-0.39, 0.29) is 34.0 Å². The minimum absolute atomic E-state index is 0. The Labute approximate surface area is 62.2 Å². The van der Waals surface area contributed by atoms with Crippen LogP contribution in [-0.4, -0.2) is 51.5 Å². The molecule has 0 aromatic carbocycles. The summed E-state index contributed by atoms with van der Waals surface area (Å²) in [5, 5.41) is 0. The van der Waals surface area contributed by atoms with Gasteiger partial charge in [0.05, 0.1) is 0 Å². The zero-order valence-electron chi connectivity index (χ0n) is 3.70. The van der Waals surface area contributed by atoms with Crippen LogP contribution in [-0.2, 0) is 10.4 Å². The largest absolute Gasteiger partial charge is 0.870 e.